The standard InChI is InChI=1S/C14H18N4O2S/c1-3-18(13-7-5-4-6-11(13)2)21(19,20)12-8-9-16-14(10-12)17-15/h4-10H,3,15H2,1-2H3,(H,16,17). The molecular formula is C14H18N4O2S. The zero-order valence-corrected chi connectivity index (χ0v) is 12.8. The Balaban J connectivity index is 2.52. The van der Waals surface area contributed by atoms with Crippen molar-refractivity contribution in [3.8, 4) is 0 Å². The van der Waals surface area contributed by atoms with Gasteiger partial charge in [0.2, 0.25) is 0 Å². The number of nitrogens with zero attached hydrogens (tertiary/aromatic N) is 2. The molecule has 1 heterocycles. The van der Waals surface area contributed by atoms with E-state index in [-0.39, 0.29) is 4.90 Å². The number of nitrogens with two attached hydrogens (primary N) is 1. The van der Waals surface area contributed by atoms with Gasteiger partial charge >= 0.3 is 0 Å². The minimum atomic E-state index is -3.66. The Morgan fingerprint density at radius 1 is 1.29 bits per heavy atom. The Labute approximate surface area is 124 Å². The molecule has 1 aromatic heterocycles. The molecule has 0 spiro atoms. The van der Waals surface area contributed by atoms with Crippen LogP contribution in [0.25, 0.3) is 0 Å². The van der Waals surface area contributed by atoms with Crippen LogP contribution in [0.4, 0.5) is 11.5 Å². The molecule has 0 bridgehead atoms. The molecule has 0 saturated carbocycles. The van der Waals surface area contributed by atoms with Gasteiger partial charge in [0.15, 0.2) is 0 Å². The Kier molecular flexibility index (Phi) is 4.44. The third-order valence-electron chi connectivity index (χ3n) is 3.14. The van der Waals surface area contributed by atoms with Crippen LogP contribution >= 0.6 is 0 Å². The van der Waals surface area contributed by atoms with Gasteiger partial charge in [-0.05, 0) is 31.5 Å². The van der Waals surface area contributed by atoms with Gasteiger partial charge in [0.1, 0.15) is 5.82 Å². The quantitative estimate of drug-likeness (QED) is 0.650. The fourth-order valence-corrected chi connectivity index (χ4v) is 3.64. The van der Waals surface area contributed by atoms with Gasteiger partial charge in [-0.1, -0.05) is 18.2 Å². The second-order valence-electron chi connectivity index (χ2n) is 4.48. The van der Waals surface area contributed by atoms with Crippen LogP contribution in [-0.2, 0) is 10.0 Å². The molecule has 0 aliphatic carbocycles. The van der Waals surface area contributed by atoms with E-state index >= 15 is 0 Å². The maximum Gasteiger partial charge on any atom is 0.264 e. The molecule has 0 fully saturated rings. The summed E-state index contributed by atoms with van der Waals surface area (Å²) in [7, 11) is -3.66. The van der Waals surface area contributed by atoms with Gasteiger partial charge < -0.3 is 5.43 Å². The summed E-state index contributed by atoms with van der Waals surface area (Å²) in [6, 6.07) is 10.2. The normalized spacial score (nSPS) is 11.2. The van der Waals surface area contributed by atoms with E-state index < -0.39 is 10.0 Å². The first kappa shape index (κ1) is 15.3. The molecule has 1 aromatic carbocycles. The van der Waals surface area contributed by atoms with E-state index in [0.717, 1.165) is 5.56 Å². The summed E-state index contributed by atoms with van der Waals surface area (Å²) in [5, 5.41) is 0. The van der Waals surface area contributed by atoms with E-state index in [1.165, 1.54) is 22.6 Å². The van der Waals surface area contributed by atoms with Crippen LogP contribution in [0, 0.1) is 6.92 Å². The molecule has 21 heavy (non-hydrogen) atoms. The lowest BCUT2D eigenvalue weighted by atomic mass is 10.2. The summed E-state index contributed by atoms with van der Waals surface area (Å²) in [5.74, 6) is 5.59. The lowest BCUT2D eigenvalue weighted by Gasteiger charge is -2.24. The molecule has 3 N–H and O–H groups in total. The Bertz CT molecular complexity index is 731. The third-order valence-corrected chi connectivity index (χ3v) is 5.02. The number of para-hydroxylation sites is 1. The monoisotopic (exact) mass is 306 g/mol. The van der Waals surface area contributed by atoms with Gasteiger partial charge in [-0.25, -0.2) is 19.2 Å². The molecule has 0 atom stereocenters. The zero-order chi connectivity index (χ0) is 15.5. The first-order valence-corrected chi connectivity index (χ1v) is 7.95. The van der Waals surface area contributed by atoms with Gasteiger partial charge in [-0.3, -0.25) is 4.31 Å². The number of aromatic nitrogens is 1. The van der Waals surface area contributed by atoms with Crippen LogP contribution in [0.3, 0.4) is 0 Å². The number of nitrogen functional groups attached to an aromatic ring is 1. The van der Waals surface area contributed by atoms with Crippen molar-refractivity contribution < 1.29 is 8.42 Å². The van der Waals surface area contributed by atoms with Crippen molar-refractivity contribution in [1.29, 1.82) is 0 Å². The molecule has 7 heteroatoms. The zero-order valence-electron chi connectivity index (χ0n) is 11.9. The molecule has 0 aliphatic heterocycles. The van der Waals surface area contributed by atoms with Crippen molar-refractivity contribution in [2.75, 3.05) is 16.3 Å². The predicted octanol–water partition coefficient (Wildman–Crippen LogP) is 1.89. The van der Waals surface area contributed by atoms with E-state index in [1.807, 2.05) is 25.1 Å². The van der Waals surface area contributed by atoms with Gasteiger partial charge in [-0.2, -0.15) is 0 Å². The maximum atomic E-state index is 12.8. The Hall–Kier alpha value is -2.12. The number of pyridine rings is 1. The maximum absolute atomic E-state index is 12.8. The molecule has 112 valence electrons. The summed E-state index contributed by atoms with van der Waals surface area (Å²) in [6.45, 7) is 4.01. The number of nitrogens with one attached hydrogen (secondary N) is 1. The molecule has 0 saturated heterocycles. The van der Waals surface area contributed by atoms with Crippen molar-refractivity contribution in [2.45, 2.75) is 18.7 Å². The average molecular weight is 306 g/mol. The number of hydrogen-bond acceptors (Lipinski definition) is 5. The fourth-order valence-electron chi connectivity index (χ4n) is 2.09. The van der Waals surface area contributed by atoms with Gasteiger partial charge in [0, 0.05) is 18.8 Å². The molecule has 0 aliphatic rings. The number of hydrogen-bond donors (Lipinski definition) is 2. The van der Waals surface area contributed by atoms with Crippen LogP contribution < -0.4 is 15.6 Å². The van der Waals surface area contributed by atoms with Crippen molar-refractivity contribution in [1.82, 2.24) is 4.98 Å². The van der Waals surface area contributed by atoms with Gasteiger partial charge in [0.25, 0.3) is 10.0 Å². The summed E-state index contributed by atoms with van der Waals surface area (Å²) >= 11 is 0. The molecular weight excluding hydrogens is 288 g/mol. The number of aryl methyl sites for hydroxylation is 1. The van der Waals surface area contributed by atoms with E-state index in [4.69, 9.17) is 5.84 Å². The molecule has 0 amide bonds. The third kappa shape index (κ3) is 2.98. The largest absolute Gasteiger partial charge is 0.308 e. The van der Waals surface area contributed by atoms with Crippen molar-refractivity contribution >= 4 is 21.5 Å². The lowest BCUT2D eigenvalue weighted by molar-refractivity contribution is 0.591. The van der Waals surface area contributed by atoms with Crippen molar-refractivity contribution in [2.24, 2.45) is 5.84 Å². The molecule has 0 unspecified atom stereocenters. The van der Waals surface area contributed by atoms with Crippen LogP contribution in [0.1, 0.15) is 12.5 Å². The summed E-state index contributed by atoms with van der Waals surface area (Å²) in [5.41, 5.74) is 3.92. The van der Waals surface area contributed by atoms with Crippen LogP contribution in [0.15, 0.2) is 47.5 Å². The lowest BCUT2D eigenvalue weighted by Crippen LogP contribution is -2.31. The van der Waals surface area contributed by atoms with E-state index in [0.29, 0.717) is 18.1 Å². The van der Waals surface area contributed by atoms with Crippen molar-refractivity contribution in [3.05, 3.63) is 48.2 Å². The number of hydrazine groups is 1. The SMILES string of the molecule is CCN(c1ccccc1C)S(=O)(=O)c1ccnc(NN)c1. The first-order valence-electron chi connectivity index (χ1n) is 6.51. The minimum absolute atomic E-state index is 0.149. The number of anilines is 2. The number of sulfonamides is 1. The highest BCUT2D eigenvalue weighted by atomic mass is 32.2. The molecule has 6 nitrogen and oxygen atoms in total. The van der Waals surface area contributed by atoms with Gasteiger partial charge in [-0.15, -0.1) is 0 Å². The smallest absolute Gasteiger partial charge is 0.264 e. The Morgan fingerprint density at radius 2 is 2.00 bits per heavy atom. The highest BCUT2D eigenvalue weighted by molar-refractivity contribution is 7.92. The van der Waals surface area contributed by atoms with E-state index in [2.05, 4.69) is 10.4 Å². The first-order chi connectivity index (χ1) is 10.0. The highest BCUT2D eigenvalue weighted by Gasteiger charge is 2.24. The molecule has 2 rings (SSSR count). The van der Waals surface area contributed by atoms with Crippen LogP contribution in [0.5, 0.6) is 0 Å². The topological polar surface area (TPSA) is 88.3 Å². The Morgan fingerprint density at radius 3 is 2.62 bits per heavy atom. The van der Waals surface area contributed by atoms with Gasteiger partial charge in [0.05, 0.1) is 10.6 Å². The van der Waals surface area contributed by atoms with Crippen molar-refractivity contribution in [3.63, 3.8) is 0 Å². The van der Waals surface area contributed by atoms with E-state index in [9.17, 15) is 8.42 Å². The fraction of sp³-hybridized carbons (Fsp3) is 0.214. The molecule has 0 radical (unpaired) electrons. The number of rotatable bonds is 5. The highest BCUT2D eigenvalue weighted by Crippen LogP contribution is 2.26. The summed E-state index contributed by atoms with van der Waals surface area (Å²) in [6.07, 6.45) is 1.41. The van der Waals surface area contributed by atoms with E-state index in [1.54, 1.807) is 13.0 Å². The molecule has 2 aromatic rings. The predicted molar refractivity (Wildman–Crippen MR) is 83.4 cm³/mol. The van der Waals surface area contributed by atoms with Crippen LogP contribution in [-0.4, -0.2) is 19.9 Å². The average Bonchev–Trinajstić information content (AvgIpc) is 2.50. The van der Waals surface area contributed by atoms with Crippen LogP contribution in [0.2, 0.25) is 0 Å². The minimum Gasteiger partial charge on any atom is -0.308 e. The number of benzene rings is 1. The summed E-state index contributed by atoms with van der Waals surface area (Å²) in [4.78, 5) is 4.08. The summed E-state index contributed by atoms with van der Waals surface area (Å²) < 4.78 is 27.0. The second-order valence-corrected chi connectivity index (χ2v) is 6.34. The second kappa shape index (κ2) is 6.11.